The fraction of sp³-hybridized carbons (Fsp3) is 0.0870. The second kappa shape index (κ2) is 8.66. The zero-order chi connectivity index (χ0) is 21.8. The average molecular weight is 418 g/mol. The molecule has 0 atom stereocenters. The van der Waals surface area contributed by atoms with Crippen molar-refractivity contribution >= 4 is 11.6 Å². The van der Waals surface area contributed by atoms with E-state index in [0.29, 0.717) is 17.2 Å². The average Bonchev–Trinajstić information content (AvgIpc) is 3.29. The molecule has 1 heterocycles. The summed E-state index contributed by atoms with van der Waals surface area (Å²) in [5, 5.41) is 10.9. The van der Waals surface area contributed by atoms with Crippen LogP contribution in [0.2, 0.25) is 0 Å². The summed E-state index contributed by atoms with van der Waals surface area (Å²) in [6, 6.07) is 18.4. The van der Waals surface area contributed by atoms with E-state index in [0.717, 1.165) is 16.9 Å². The topological polar surface area (TPSA) is 78.3 Å². The first kappa shape index (κ1) is 20.1. The lowest BCUT2D eigenvalue weighted by Gasteiger charge is -2.11. The number of amides is 1. The van der Waals surface area contributed by atoms with E-state index in [1.165, 1.54) is 18.2 Å². The summed E-state index contributed by atoms with van der Waals surface area (Å²) in [5.74, 6) is 0.135. The fourth-order valence-corrected chi connectivity index (χ4v) is 3.15. The summed E-state index contributed by atoms with van der Waals surface area (Å²) in [6.45, 7) is 0. The summed E-state index contributed by atoms with van der Waals surface area (Å²) in [6.07, 6.45) is 1.65. The van der Waals surface area contributed by atoms with Gasteiger partial charge in [0.25, 0.3) is 5.91 Å². The van der Waals surface area contributed by atoms with Crippen molar-refractivity contribution in [2.45, 2.75) is 0 Å². The lowest BCUT2D eigenvalue weighted by molar-refractivity contribution is 0.102. The summed E-state index contributed by atoms with van der Waals surface area (Å²) in [4.78, 5) is 12.3. The predicted molar refractivity (Wildman–Crippen MR) is 114 cm³/mol. The Balaban J connectivity index is 1.58. The van der Waals surface area contributed by atoms with Crippen LogP contribution in [0, 0.1) is 5.82 Å². The number of benzene rings is 3. The lowest BCUT2D eigenvalue weighted by Crippen LogP contribution is -2.13. The number of hydrogen-bond acceptors (Lipinski definition) is 5. The molecular weight excluding hydrogens is 399 g/mol. The van der Waals surface area contributed by atoms with Crippen molar-refractivity contribution in [3.63, 3.8) is 0 Å². The highest BCUT2D eigenvalue weighted by Gasteiger charge is 2.14. The van der Waals surface area contributed by atoms with Crippen LogP contribution in [-0.4, -0.2) is 35.1 Å². The van der Waals surface area contributed by atoms with Crippen molar-refractivity contribution in [2.75, 3.05) is 19.5 Å². The molecule has 156 valence electrons. The lowest BCUT2D eigenvalue weighted by atomic mass is 10.1. The minimum absolute atomic E-state index is 0.0152. The summed E-state index contributed by atoms with van der Waals surface area (Å²) in [5.41, 5.74) is 2.86. The van der Waals surface area contributed by atoms with Crippen LogP contribution in [0.4, 0.5) is 10.1 Å². The van der Waals surface area contributed by atoms with Crippen LogP contribution in [0.5, 0.6) is 11.5 Å². The van der Waals surface area contributed by atoms with E-state index >= 15 is 0 Å². The van der Waals surface area contributed by atoms with Gasteiger partial charge in [-0.1, -0.05) is 17.3 Å². The highest BCUT2D eigenvalue weighted by Crippen LogP contribution is 2.32. The second-order valence-corrected chi connectivity index (χ2v) is 6.58. The molecule has 4 rings (SSSR count). The van der Waals surface area contributed by atoms with Crippen LogP contribution >= 0.6 is 0 Å². The maximum absolute atomic E-state index is 13.8. The Labute approximate surface area is 178 Å². The highest BCUT2D eigenvalue weighted by atomic mass is 19.1. The molecule has 0 fully saturated rings. The number of methoxy groups -OCH3 is 2. The first-order valence-corrected chi connectivity index (χ1v) is 9.40. The van der Waals surface area contributed by atoms with Crippen LogP contribution in [0.3, 0.4) is 0 Å². The standard InChI is InChI=1S/C23H19FN4O3/c1-30-21-12-7-15(13-22(21)31-2)20-14-25-27-28(20)17-10-8-16(9-11-17)26-23(29)18-5-3-4-6-19(18)24/h3-14H,1-2H3,(H,26,29). The molecule has 0 unspecified atom stereocenters. The van der Waals surface area contributed by atoms with E-state index in [9.17, 15) is 9.18 Å². The number of rotatable bonds is 6. The van der Waals surface area contributed by atoms with Gasteiger partial charge in [-0.15, -0.1) is 5.10 Å². The smallest absolute Gasteiger partial charge is 0.258 e. The van der Waals surface area contributed by atoms with Gasteiger partial charge in [0.1, 0.15) is 5.82 Å². The molecule has 0 bridgehead atoms. The first-order chi connectivity index (χ1) is 15.1. The molecule has 0 radical (unpaired) electrons. The normalized spacial score (nSPS) is 10.5. The molecule has 0 aliphatic rings. The van der Waals surface area contributed by atoms with Gasteiger partial charge in [0.05, 0.1) is 37.4 Å². The molecule has 0 saturated carbocycles. The first-order valence-electron chi connectivity index (χ1n) is 9.40. The van der Waals surface area contributed by atoms with Crippen LogP contribution in [-0.2, 0) is 0 Å². The number of carbonyl (C=O) groups is 1. The second-order valence-electron chi connectivity index (χ2n) is 6.58. The Hall–Kier alpha value is -4.20. The Morgan fingerprint density at radius 1 is 0.968 bits per heavy atom. The summed E-state index contributed by atoms with van der Waals surface area (Å²) >= 11 is 0. The number of nitrogens with zero attached hydrogens (tertiary/aromatic N) is 3. The molecule has 4 aromatic rings. The summed E-state index contributed by atoms with van der Waals surface area (Å²) in [7, 11) is 3.15. The maximum Gasteiger partial charge on any atom is 0.258 e. The molecule has 8 heteroatoms. The Morgan fingerprint density at radius 3 is 2.42 bits per heavy atom. The van der Waals surface area contributed by atoms with Gasteiger partial charge in [-0.2, -0.15) is 0 Å². The van der Waals surface area contributed by atoms with Crippen molar-refractivity contribution < 1.29 is 18.7 Å². The molecule has 0 aliphatic carbocycles. The van der Waals surface area contributed by atoms with Crippen molar-refractivity contribution in [3.8, 4) is 28.4 Å². The van der Waals surface area contributed by atoms with Crippen molar-refractivity contribution in [2.24, 2.45) is 0 Å². The van der Waals surface area contributed by atoms with Gasteiger partial charge in [0.15, 0.2) is 11.5 Å². The van der Waals surface area contributed by atoms with Crippen LogP contribution in [0.15, 0.2) is 72.9 Å². The van der Waals surface area contributed by atoms with Gasteiger partial charge in [-0.25, -0.2) is 9.07 Å². The number of halogens is 1. The third-order valence-corrected chi connectivity index (χ3v) is 4.72. The number of aromatic nitrogens is 3. The number of ether oxygens (including phenoxy) is 2. The molecule has 7 nitrogen and oxygen atoms in total. The quantitative estimate of drug-likeness (QED) is 0.504. The molecule has 1 N–H and O–H groups in total. The zero-order valence-electron chi connectivity index (χ0n) is 16.9. The largest absolute Gasteiger partial charge is 0.493 e. The third-order valence-electron chi connectivity index (χ3n) is 4.72. The van der Waals surface area contributed by atoms with Crippen molar-refractivity contribution in [1.82, 2.24) is 15.0 Å². The predicted octanol–water partition coefficient (Wildman–Crippen LogP) is 4.34. The number of nitrogens with one attached hydrogen (secondary N) is 1. The van der Waals surface area contributed by atoms with Crippen molar-refractivity contribution in [3.05, 3.63) is 84.3 Å². The maximum atomic E-state index is 13.8. The minimum atomic E-state index is -0.571. The molecule has 3 aromatic carbocycles. The number of anilines is 1. The number of hydrogen-bond donors (Lipinski definition) is 1. The summed E-state index contributed by atoms with van der Waals surface area (Å²) < 4.78 is 26.1. The van der Waals surface area contributed by atoms with E-state index < -0.39 is 11.7 Å². The van der Waals surface area contributed by atoms with Crippen LogP contribution in [0.1, 0.15) is 10.4 Å². The number of carbonyl (C=O) groups excluding carboxylic acids is 1. The molecule has 0 aliphatic heterocycles. The van der Waals surface area contributed by atoms with Crippen LogP contribution < -0.4 is 14.8 Å². The van der Waals surface area contributed by atoms with E-state index in [-0.39, 0.29) is 5.56 Å². The molecule has 0 spiro atoms. The Bertz CT molecular complexity index is 1220. The highest BCUT2D eigenvalue weighted by molar-refractivity contribution is 6.04. The van der Waals surface area contributed by atoms with Gasteiger partial charge in [-0.05, 0) is 54.6 Å². The monoisotopic (exact) mass is 418 g/mol. The van der Waals surface area contributed by atoms with Crippen molar-refractivity contribution in [1.29, 1.82) is 0 Å². The van der Waals surface area contributed by atoms with E-state index in [1.54, 1.807) is 55.4 Å². The van der Waals surface area contributed by atoms with E-state index in [4.69, 9.17) is 9.47 Å². The molecule has 31 heavy (non-hydrogen) atoms. The van der Waals surface area contributed by atoms with Gasteiger partial charge in [0.2, 0.25) is 0 Å². The van der Waals surface area contributed by atoms with Gasteiger partial charge < -0.3 is 14.8 Å². The SMILES string of the molecule is COc1ccc(-c2cnnn2-c2ccc(NC(=O)c3ccccc3F)cc2)cc1OC. The Kier molecular flexibility index (Phi) is 5.61. The van der Waals surface area contributed by atoms with Gasteiger partial charge in [0, 0.05) is 11.3 Å². The van der Waals surface area contributed by atoms with Gasteiger partial charge in [-0.3, -0.25) is 4.79 Å². The van der Waals surface area contributed by atoms with Gasteiger partial charge >= 0.3 is 0 Å². The molecule has 0 saturated heterocycles. The zero-order valence-corrected chi connectivity index (χ0v) is 16.9. The Morgan fingerprint density at radius 2 is 1.71 bits per heavy atom. The van der Waals surface area contributed by atoms with E-state index in [1.807, 2.05) is 18.2 Å². The third kappa shape index (κ3) is 4.09. The fourth-order valence-electron chi connectivity index (χ4n) is 3.15. The minimum Gasteiger partial charge on any atom is -0.493 e. The molecule has 1 amide bonds. The molecule has 1 aromatic heterocycles. The van der Waals surface area contributed by atoms with E-state index in [2.05, 4.69) is 15.6 Å². The van der Waals surface area contributed by atoms with Crippen LogP contribution in [0.25, 0.3) is 16.9 Å². The molecular formula is C23H19FN4O3.